The lowest BCUT2D eigenvalue weighted by atomic mass is 9.81. The molecule has 0 bridgehead atoms. The van der Waals surface area contributed by atoms with Gasteiger partial charge in [0.1, 0.15) is 0 Å². The molecule has 0 saturated heterocycles. The molecule has 1 N–H and O–H groups in total. The maximum absolute atomic E-state index is 10.5. The van der Waals surface area contributed by atoms with Gasteiger partial charge in [0.2, 0.25) is 0 Å². The number of rotatable bonds is 17. The summed E-state index contributed by atoms with van der Waals surface area (Å²) in [7, 11) is 0. The molecule has 1 rings (SSSR count). The van der Waals surface area contributed by atoms with Crippen molar-refractivity contribution in [1.82, 2.24) is 0 Å². The lowest BCUT2D eigenvalue weighted by molar-refractivity contribution is -0.00588. The first kappa shape index (κ1) is 23.0. The van der Waals surface area contributed by atoms with Crippen LogP contribution in [0.3, 0.4) is 0 Å². The van der Waals surface area contributed by atoms with E-state index in [0.717, 1.165) is 19.3 Å². The Bertz CT molecular complexity index is 267. The quantitative estimate of drug-likeness (QED) is 0.261. The van der Waals surface area contributed by atoms with Gasteiger partial charge in [-0.25, -0.2) is 0 Å². The Balaban J connectivity index is 1.72. The average Bonchev–Trinajstić information content (AvgIpc) is 2.62. The predicted molar refractivity (Wildman–Crippen MR) is 112 cm³/mol. The molecule has 0 aromatic heterocycles. The van der Waals surface area contributed by atoms with Gasteiger partial charge in [-0.1, -0.05) is 129 Å². The molecular weight excluding hydrogens is 304 g/mol. The molecule has 0 aliphatic heterocycles. The largest absolute Gasteiger partial charge is 0.390 e. The van der Waals surface area contributed by atoms with E-state index in [9.17, 15) is 5.11 Å². The van der Waals surface area contributed by atoms with Crippen molar-refractivity contribution in [2.75, 3.05) is 0 Å². The third-order valence-electron chi connectivity index (χ3n) is 6.28. The standard InChI is InChI=1S/C24H48O/c1-2-3-4-5-6-7-8-9-10-11-12-13-14-15-16-18-21-24(25)22-19-17-20-23-24/h25H,2-23H2,1H3. The third kappa shape index (κ3) is 13.8. The molecule has 0 spiro atoms. The Hall–Kier alpha value is -0.0400. The van der Waals surface area contributed by atoms with Crippen LogP contribution in [0.15, 0.2) is 0 Å². The maximum atomic E-state index is 10.5. The highest BCUT2D eigenvalue weighted by atomic mass is 16.3. The van der Waals surface area contributed by atoms with Crippen LogP contribution in [0, 0.1) is 0 Å². The van der Waals surface area contributed by atoms with E-state index in [1.165, 1.54) is 122 Å². The number of aliphatic hydroxyl groups is 1. The van der Waals surface area contributed by atoms with E-state index >= 15 is 0 Å². The van der Waals surface area contributed by atoms with Crippen LogP contribution in [0.2, 0.25) is 0 Å². The Morgan fingerprint density at radius 2 is 0.880 bits per heavy atom. The fourth-order valence-electron chi connectivity index (χ4n) is 4.46. The molecule has 0 unspecified atom stereocenters. The van der Waals surface area contributed by atoms with Crippen molar-refractivity contribution in [3.8, 4) is 0 Å². The predicted octanol–water partition coefficient (Wildman–Crippen LogP) is 8.33. The van der Waals surface area contributed by atoms with Crippen LogP contribution < -0.4 is 0 Å². The molecule has 0 aromatic rings. The molecule has 0 amide bonds. The fraction of sp³-hybridized carbons (Fsp3) is 1.00. The van der Waals surface area contributed by atoms with Crippen molar-refractivity contribution in [3.05, 3.63) is 0 Å². The van der Waals surface area contributed by atoms with Gasteiger partial charge >= 0.3 is 0 Å². The number of hydrogen-bond donors (Lipinski definition) is 1. The molecule has 1 aliphatic carbocycles. The summed E-state index contributed by atoms with van der Waals surface area (Å²) in [5.41, 5.74) is -0.283. The van der Waals surface area contributed by atoms with Crippen LogP contribution >= 0.6 is 0 Å². The van der Waals surface area contributed by atoms with Gasteiger partial charge in [-0.05, 0) is 19.3 Å². The molecule has 1 saturated carbocycles. The second-order valence-electron chi connectivity index (χ2n) is 8.84. The van der Waals surface area contributed by atoms with Gasteiger partial charge < -0.3 is 5.11 Å². The lowest BCUT2D eigenvalue weighted by Gasteiger charge is -2.32. The molecule has 1 nitrogen and oxygen atoms in total. The zero-order valence-corrected chi connectivity index (χ0v) is 17.5. The molecule has 150 valence electrons. The molecule has 25 heavy (non-hydrogen) atoms. The van der Waals surface area contributed by atoms with Gasteiger partial charge in [-0.2, -0.15) is 0 Å². The Morgan fingerprint density at radius 1 is 0.520 bits per heavy atom. The SMILES string of the molecule is CCCCCCCCCCCCCCCCCCC1(O)CCCCC1. The van der Waals surface area contributed by atoms with Crippen molar-refractivity contribution in [1.29, 1.82) is 0 Å². The summed E-state index contributed by atoms with van der Waals surface area (Å²) < 4.78 is 0. The summed E-state index contributed by atoms with van der Waals surface area (Å²) in [6.45, 7) is 2.29. The summed E-state index contributed by atoms with van der Waals surface area (Å²) in [6.07, 6.45) is 29.8. The van der Waals surface area contributed by atoms with E-state index in [2.05, 4.69) is 6.92 Å². The molecule has 0 radical (unpaired) electrons. The van der Waals surface area contributed by atoms with E-state index in [-0.39, 0.29) is 5.60 Å². The third-order valence-corrected chi connectivity index (χ3v) is 6.28. The molecule has 0 heterocycles. The van der Waals surface area contributed by atoms with Crippen LogP contribution in [-0.2, 0) is 0 Å². The molecule has 1 heteroatoms. The maximum Gasteiger partial charge on any atom is 0.0647 e. The van der Waals surface area contributed by atoms with Gasteiger partial charge in [0.05, 0.1) is 5.60 Å². The van der Waals surface area contributed by atoms with Crippen LogP contribution in [-0.4, -0.2) is 10.7 Å². The minimum Gasteiger partial charge on any atom is -0.390 e. The topological polar surface area (TPSA) is 20.2 Å². The molecule has 1 fully saturated rings. The van der Waals surface area contributed by atoms with Gasteiger partial charge in [-0.15, -0.1) is 0 Å². The highest BCUT2D eigenvalue weighted by Crippen LogP contribution is 2.32. The summed E-state index contributed by atoms with van der Waals surface area (Å²) in [4.78, 5) is 0. The minimum atomic E-state index is -0.283. The van der Waals surface area contributed by atoms with Crippen molar-refractivity contribution in [3.63, 3.8) is 0 Å². The molecular formula is C24H48O. The van der Waals surface area contributed by atoms with Crippen molar-refractivity contribution >= 4 is 0 Å². The second-order valence-corrected chi connectivity index (χ2v) is 8.84. The van der Waals surface area contributed by atoms with E-state index in [4.69, 9.17) is 0 Å². The van der Waals surface area contributed by atoms with Gasteiger partial charge in [0.15, 0.2) is 0 Å². The van der Waals surface area contributed by atoms with Crippen LogP contribution in [0.4, 0.5) is 0 Å². The van der Waals surface area contributed by atoms with Gasteiger partial charge in [-0.3, -0.25) is 0 Å². The summed E-state index contributed by atoms with van der Waals surface area (Å²) in [5.74, 6) is 0. The Morgan fingerprint density at radius 3 is 1.28 bits per heavy atom. The number of hydrogen-bond acceptors (Lipinski definition) is 1. The first-order valence-corrected chi connectivity index (χ1v) is 12.0. The van der Waals surface area contributed by atoms with E-state index in [1.54, 1.807) is 0 Å². The highest BCUT2D eigenvalue weighted by molar-refractivity contribution is 4.81. The summed E-state index contributed by atoms with van der Waals surface area (Å²) in [6, 6.07) is 0. The monoisotopic (exact) mass is 352 g/mol. The van der Waals surface area contributed by atoms with Crippen LogP contribution in [0.1, 0.15) is 148 Å². The first-order valence-electron chi connectivity index (χ1n) is 12.0. The van der Waals surface area contributed by atoms with E-state index in [1.807, 2.05) is 0 Å². The normalized spacial score (nSPS) is 17.0. The van der Waals surface area contributed by atoms with Crippen molar-refractivity contribution in [2.24, 2.45) is 0 Å². The molecule has 0 aromatic carbocycles. The van der Waals surface area contributed by atoms with E-state index in [0.29, 0.717) is 0 Å². The van der Waals surface area contributed by atoms with Crippen LogP contribution in [0.5, 0.6) is 0 Å². The number of unbranched alkanes of at least 4 members (excludes halogenated alkanes) is 15. The molecule has 0 atom stereocenters. The Kier molecular flexibility index (Phi) is 14.9. The highest BCUT2D eigenvalue weighted by Gasteiger charge is 2.27. The van der Waals surface area contributed by atoms with E-state index < -0.39 is 0 Å². The smallest absolute Gasteiger partial charge is 0.0647 e. The zero-order chi connectivity index (χ0) is 18.1. The van der Waals surface area contributed by atoms with Crippen molar-refractivity contribution < 1.29 is 5.11 Å². The minimum absolute atomic E-state index is 0.283. The van der Waals surface area contributed by atoms with Gasteiger partial charge in [0, 0.05) is 0 Å². The second kappa shape index (κ2) is 16.2. The van der Waals surface area contributed by atoms with Gasteiger partial charge in [0.25, 0.3) is 0 Å². The molecule has 1 aliphatic rings. The lowest BCUT2D eigenvalue weighted by Crippen LogP contribution is -2.30. The summed E-state index contributed by atoms with van der Waals surface area (Å²) in [5, 5.41) is 10.5. The average molecular weight is 353 g/mol. The van der Waals surface area contributed by atoms with Crippen LogP contribution in [0.25, 0.3) is 0 Å². The Labute approximate surface area is 159 Å². The first-order chi connectivity index (χ1) is 12.3. The zero-order valence-electron chi connectivity index (χ0n) is 17.5. The van der Waals surface area contributed by atoms with Crippen molar-refractivity contribution in [2.45, 2.75) is 154 Å². The fourth-order valence-corrected chi connectivity index (χ4v) is 4.46. The summed E-state index contributed by atoms with van der Waals surface area (Å²) >= 11 is 0.